The van der Waals surface area contributed by atoms with E-state index in [1.807, 2.05) is 42.0 Å². The predicted molar refractivity (Wildman–Crippen MR) is 81.1 cm³/mol. The fourth-order valence-electron chi connectivity index (χ4n) is 2.33. The van der Waals surface area contributed by atoms with Gasteiger partial charge >= 0.3 is 0 Å². The maximum Gasteiger partial charge on any atom is 0.203 e. The van der Waals surface area contributed by atoms with Crippen molar-refractivity contribution in [2.24, 2.45) is 7.05 Å². The Morgan fingerprint density at radius 2 is 2.20 bits per heavy atom. The van der Waals surface area contributed by atoms with Crippen molar-refractivity contribution < 1.29 is 0 Å². The molecule has 0 bridgehead atoms. The van der Waals surface area contributed by atoms with Crippen molar-refractivity contribution in [3.05, 3.63) is 47.7 Å². The topological polar surface area (TPSA) is 47.2 Å². The van der Waals surface area contributed by atoms with Crippen molar-refractivity contribution in [3.63, 3.8) is 0 Å². The van der Waals surface area contributed by atoms with Crippen molar-refractivity contribution in [2.45, 2.75) is 6.54 Å². The molecule has 5 nitrogen and oxygen atoms in total. The molecule has 0 saturated heterocycles. The van der Waals surface area contributed by atoms with Gasteiger partial charge in [0.2, 0.25) is 5.95 Å². The SMILES string of the molecule is Cn1c(NCc2cn3ccnc3s2)nc2ccccc21. The molecule has 0 aliphatic rings. The molecule has 4 rings (SSSR count). The summed E-state index contributed by atoms with van der Waals surface area (Å²) in [4.78, 5) is 11.1. The number of imidazole rings is 2. The van der Waals surface area contributed by atoms with Gasteiger partial charge in [-0.3, -0.25) is 4.40 Å². The number of hydrogen-bond acceptors (Lipinski definition) is 4. The first-order chi connectivity index (χ1) is 9.81. The summed E-state index contributed by atoms with van der Waals surface area (Å²) in [5.41, 5.74) is 2.15. The van der Waals surface area contributed by atoms with Crippen LogP contribution in [-0.2, 0) is 13.6 Å². The molecule has 20 heavy (non-hydrogen) atoms. The highest BCUT2D eigenvalue weighted by molar-refractivity contribution is 7.17. The lowest BCUT2D eigenvalue weighted by atomic mass is 10.3. The molecule has 0 fully saturated rings. The van der Waals surface area contributed by atoms with E-state index in [1.54, 1.807) is 11.3 Å². The Labute approximate surface area is 119 Å². The van der Waals surface area contributed by atoms with Gasteiger partial charge in [0.1, 0.15) is 0 Å². The van der Waals surface area contributed by atoms with E-state index in [4.69, 9.17) is 0 Å². The van der Waals surface area contributed by atoms with Crippen molar-refractivity contribution in [3.8, 4) is 0 Å². The van der Waals surface area contributed by atoms with Crippen molar-refractivity contribution in [2.75, 3.05) is 5.32 Å². The Morgan fingerprint density at radius 1 is 1.30 bits per heavy atom. The Balaban J connectivity index is 1.61. The van der Waals surface area contributed by atoms with Crippen molar-refractivity contribution >= 4 is 33.3 Å². The third kappa shape index (κ3) is 1.77. The number of para-hydroxylation sites is 2. The fourth-order valence-corrected chi connectivity index (χ4v) is 3.20. The summed E-state index contributed by atoms with van der Waals surface area (Å²) in [6.45, 7) is 0.755. The average Bonchev–Trinajstić information content (AvgIpc) is 3.11. The number of aryl methyl sites for hydroxylation is 1. The van der Waals surface area contributed by atoms with Crippen LogP contribution in [0.3, 0.4) is 0 Å². The Bertz CT molecular complexity index is 857. The molecular formula is C14H13N5S. The highest BCUT2D eigenvalue weighted by atomic mass is 32.1. The minimum absolute atomic E-state index is 0.755. The van der Waals surface area contributed by atoms with E-state index in [9.17, 15) is 0 Å². The number of nitrogens with one attached hydrogen (secondary N) is 1. The molecule has 100 valence electrons. The van der Waals surface area contributed by atoms with Gasteiger partial charge in [0, 0.05) is 30.5 Å². The molecule has 0 amide bonds. The molecule has 3 heterocycles. The van der Waals surface area contributed by atoms with Gasteiger partial charge in [0.15, 0.2) is 4.96 Å². The van der Waals surface area contributed by atoms with Crippen LogP contribution < -0.4 is 5.32 Å². The molecule has 3 aromatic heterocycles. The number of nitrogens with zero attached hydrogens (tertiary/aromatic N) is 4. The standard InChI is InChI=1S/C14H13N5S/c1-18-12-5-3-2-4-11(12)17-13(18)16-8-10-9-19-7-6-15-14(19)20-10/h2-7,9H,8H2,1H3,(H,16,17). The molecular weight excluding hydrogens is 270 g/mol. The number of aromatic nitrogens is 4. The van der Waals surface area contributed by atoms with Crippen LogP contribution in [0.4, 0.5) is 5.95 Å². The maximum atomic E-state index is 4.60. The van der Waals surface area contributed by atoms with Gasteiger partial charge in [-0.15, -0.1) is 0 Å². The molecule has 0 spiro atoms. The molecule has 0 radical (unpaired) electrons. The second-order valence-electron chi connectivity index (χ2n) is 4.65. The molecule has 0 aliphatic carbocycles. The average molecular weight is 283 g/mol. The van der Waals surface area contributed by atoms with Gasteiger partial charge in [-0.05, 0) is 12.1 Å². The highest BCUT2D eigenvalue weighted by Gasteiger charge is 2.07. The molecule has 1 aromatic carbocycles. The summed E-state index contributed by atoms with van der Waals surface area (Å²) in [6.07, 6.45) is 5.88. The number of hydrogen-bond donors (Lipinski definition) is 1. The van der Waals surface area contributed by atoms with Crippen LogP contribution >= 0.6 is 11.3 Å². The van der Waals surface area contributed by atoms with Crippen molar-refractivity contribution in [1.29, 1.82) is 0 Å². The second-order valence-corrected chi connectivity index (χ2v) is 5.74. The van der Waals surface area contributed by atoms with Crippen LogP contribution in [0.1, 0.15) is 4.88 Å². The first-order valence-corrected chi connectivity index (χ1v) is 7.19. The largest absolute Gasteiger partial charge is 0.351 e. The smallest absolute Gasteiger partial charge is 0.203 e. The molecule has 0 atom stereocenters. The fraction of sp³-hybridized carbons (Fsp3) is 0.143. The Morgan fingerprint density at radius 3 is 3.05 bits per heavy atom. The van der Waals surface area contributed by atoms with E-state index in [1.165, 1.54) is 4.88 Å². The highest BCUT2D eigenvalue weighted by Crippen LogP contribution is 2.20. The first-order valence-electron chi connectivity index (χ1n) is 6.38. The normalized spacial score (nSPS) is 11.4. The van der Waals surface area contributed by atoms with Gasteiger partial charge in [-0.2, -0.15) is 0 Å². The zero-order chi connectivity index (χ0) is 13.5. The monoisotopic (exact) mass is 283 g/mol. The Hall–Kier alpha value is -2.34. The zero-order valence-corrected chi connectivity index (χ0v) is 11.8. The van der Waals surface area contributed by atoms with Crippen molar-refractivity contribution in [1.82, 2.24) is 18.9 Å². The first kappa shape index (κ1) is 11.5. The van der Waals surface area contributed by atoms with E-state index in [2.05, 4.69) is 32.1 Å². The summed E-state index contributed by atoms with van der Waals surface area (Å²) in [7, 11) is 2.03. The lowest BCUT2D eigenvalue weighted by Gasteiger charge is -2.04. The van der Waals surface area contributed by atoms with Crippen LogP contribution in [0.2, 0.25) is 0 Å². The number of rotatable bonds is 3. The van der Waals surface area contributed by atoms with Gasteiger partial charge in [-0.1, -0.05) is 23.5 Å². The number of fused-ring (bicyclic) bond motifs is 2. The molecule has 0 unspecified atom stereocenters. The summed E-state index contributed by atoms with van der Waals surface area (Å²) in [6, 6.07) is 8.14. The third-order valence-corrected chi connectivity index (χ3v) is 4.36. The summed E-state index contributed by atoms with van der Waals surface area (Å²) >= 11 is 1.69. The van der Waals surface area contributed by atoms with Gasteiger partial charge in [0.25, 0.3) is 0 Å². The van der Waals surface area contributed by atoms with Crippen LogP contribution in [0.25, 0.3) is 16.0 Å². The van der Waals surface area contributed by atoms with E-state index >= 15 is 0 Å². The number of anilines is 1. The molecule has 1 N–H and O–H groups in total. The van der Waals surface area contributed by atoms with Crippen LogP contribution in [0, 0.1) is 0 Å². The van der Waals surface area contributed by atoms with Crippen LogP contribution in [0.5, 0.6) is 0 Å². The number of benzene rings is 1. The van der Waals surface area contributed by atoms with E-state index in [0.717, 1.165) is 28.5 Å². The molecule has 6 heteroatoms. The molecule has 0 aliphatic heterocycles. The quantitative estimate of drug-likeness (QED) is 0.629. The maximum absolute atomic E-state index is 4.60. The predicted octanol–water partition coefficient (Wildman–Crippen LogP) is 2.89. The summed E-state index contributed by atoms with van der Waals surface area (Å²) < 4.78 is 4.12. The summed E-state index contributed by atoms with van der Waals surface area (Å²) in [5.74, 6) is 0.886. The lowest BCUT2D eigenvalue weighted by Crippen LogP contribution is -2.03. The van der Waals surface area contributed by atoms with E-state index in [0.29, 0.717) is 0 Å². The zero-order valence-electron chi connectivity index (χ0n) is 10.9. The van der Waals surface area contributed by atoms with Crippen LogP contribution in [-0.4, -0.2) is 18.9 Å². The van der Waals surface area contributed by atoms with E-state index in [-0.39, 0.29) is 0 Å². The van der Waals surface area contributed by atoms with Gasteiger partial charge in [0.05, 0.1) is 17.6 Å². The van der Waals surface area contributed by atoms with E-state index < -0.39 is 0 Å². The molecule has 0 saturated carbocycles. The van der Waals surface area contributed by atoms with Gasteiger partial charge < -0.3 is 9.88 Å². The third-order valence-electron chi connectivity index (χ3n) is 3.35. The number of thiazole rings is 1. The minimum Gasteiger partial charge on any atom is -0.351 e. The molecule has 4 aromatic rings. The van der Waals surface area contributed by atoms with Crippen LogP contribution in [0.15, 0.2) is 42.9 Å². The lowest BCUT2D eigenvalue weighted by molar-refractivity contribution is 0.930. The second kappa shape index (κ2) is 4.35. The minimum atomic E-state index is 0.755. The van der Waals surface area contributed by atoms with Gasteiger partial charge in [-0.25, -0.2) is 9.97 Å². The Kier molecular flexibility index (Phi) is 2.50. The summed E-state index contributed by atoms with van der Waals surface area (Å²) in [5, 5.41) is 3.39.